The lowest BCUT2D eigenvalue weighted by atomic mass is 9.32. The van der Waals surface area contributed by atoms with E-state index in [9.17, 15) is 28.6 Å². The maximum Gasteiger partial charge on any atom is 0.329 e. The summed E-state index contributed by atoms with van der Waals surface area (Å²) in [6.07, 6.45) is 6.23. The van der Waals surface area contributed by atoms with Crippen LogP contribution >= 0.6 is 0 Å². The number of carbonyl (C=O) groups is 2. The molecule has 44 heavy (non-hydrogen) atoms. The van der Waals surface area contributed by atoms with E-state index in [1.54, 1.807) is 0 Å². The Bertz CT molecular complexity index is 1180. The molecule has 5 aliphatic rings. The van der Waals surface area contributed by atoms with E-state index >= 15 is 0 Å². The van der Waals surface area contributed by atoms with Crippen LogP contribution in [0.25, 0.3) is 0 Å². The van der Waals surface area contributed by atoms with Gasteiger partial charge in [-0.05, 0) is 135 Å². The Hall–Kier alpha value is -1.54. The van der Waals surface area contributed by atoms with Gasteiger partial charge in [0.15, 0.2) is 5.54 Å². The first kappa shape index (κ1) is 33.8. The Morgan fingerprint density at radius 3 is 2.25 bits per heavy atom. The summed E-state index contributed by atoms with van der Waals surface area (Å²) in [7, 11) is 0. The Morgan fingerprint density at radius 2 is 1.64 bits per heavy atom. The number of carboxylic acid groups (broad SMARTS) is 1. The second kappa shape index (κ2) is 11.0. The van der Waals surface area contributed by atoms with E-state index in [0.29, 0.717) is 17.8 Å². The van der Waals surface area contributed by atoms with Gasteiger partial charge in [0, 0.05) is 6.54 Å². The molecule has 0 aromatic heterocycles. The Labute approximate surface area is 263 Å². The maximum absolute atomic E-state index is 14.2. The van der Waals surface area contributed by atoms with Crippen molar-refractivity contribution in [2.45, 2.75) is 137 Å². The normalized spacial score (nSPS) is 45.7. The number of aliphatic hydroxyl groups excluding tert-OH is 1. The van der Waals surface area contributed by atoms with Crippen molar-refractivity contribution >= 4 is 11.9 Å². The molecule has 1 amide bonds. The summed E-state index contributed by atoms with van der Waals surface area (Å²) >= 11 is 0. The van der Waals surface area contributed by atoms with Gasteiger partial charge in [0.25, 0.3) is 6.43 Å². The van der Waals surface area contributed by atoms with Crippen LogP contribution < -0.4 is 11.1 Å². The van der Waals surface area contributed by atoms with Gasteiger partial charge >= 0.3 is 5.97 Å². The molecule has 0 aromatic rings. The quantitative estimate of drug-likeness (QED) is 0.173. The number of nitrogens with one attached hydrogen (secondary N) is 1. The minimum atomic E-state index is -3.18. The summed E-state index contributed by atoms with van der Waals surface area (Å²) in [4.78, 5) is 25.6. The van der Waals surface area contributed by atoms with E-state index in [1.165, 1.54) is 0 Å². The fraction of sp³-hybridized carbons (Fsp3) is 0.889. The van der Waals surface area contributed by atoms with Gasteiger partial charge in [-0.2, -0.15) is 0 Å². The predicted octanol–water partition coefficient (Wildman–Crippen LogP) is 6.95. The molecule has 0 bridgehead atoms. The first-order valence-corrected chi connectivity index (χ1v) is 17.2. The number of alkyl halides is 2. The minimum Gasteiger partial charge on any atom is -0.480 e. The van der Waals surface area contributed by atoms with Gasteiger partial charge in [0.05, 0.1) is 11.5 Å². The van der Waals surface area contributed by atoms with Crippen LogP contribution in [0, 0.1) is 56.7 Å². The fourth-order valence-electron chi connectivity index (χ4n) is 12.6. The first-order chi connectivity index (χ1) is 20.3. The summed E-state index contributed by atoms with van der Waals surface area (Å²) in [6.45, 7) is 18.8. The molecule has 0 spiro atoms. The van der Waals surface area contributed by atoms with Gasteiger partial charge in [-0.3, -0.25) is 4.79 Å². The number of halogens is 2. The summed E-state index contributed by atoms with van der Waals surface area (Å²) in [5, 5.41) is 23.3. The lowest BCUT2D eigenvalue weighted by molar-refractivity contribution is -0.246. The van der Waals surface area contributed by atoms with Crippen molar-refractivity contribution in [2.75, 3.05) is 6.54 Å². The number of hydrogen-bond acceptors (Lipinski definition) is 4. The monoisotopic (exact) mass is 620 g/mol. The third kappa shape index (κ3) is 4.57. The number of allylic oxidation sites excluding steroid dienone is 1. The topological polar surface area (TPSA) is 113 Å². The molecule has 250 valence electrons. The van der Waals surface area contributed by atoms with E-state index in [1.807, 2.05) is 0 Å². The molecule has 0 radical (unpaired) electrons. The zero-order valence-electron chi connectivity index (χ0n) is 28.0. The van der Waals surface area contributed by atoms with Gasteiger partial charge in [0.2, 0.25) is 5.91 Å². The Kier molecular flexibility index (Phi) is 8.47. The van der Waals surface area contributed by atoms with Crippen molar-refractivity contribution in [3.63, 3.8) is 0 Å². The van der Waals surface area contributed by atoms with Gasteiger partial charge in [0.1, 0.15) is 0 Å². The molecule has 5 aliphatic carbocycles. The number of carboxylic acids is 1. The SMILES string of the molecule is C=C(C)C1CCC2(C(=O)NCCCC(N)(C(=O)O)C(F)F)CCC3(C)C(CCC4C5(C)CCC(O)C(C)(C)C5CCC43C)C12. The van der Waals surface area contributed by atoms with Crippen molar-refractivity contribution in [1.29, 1.82) is 0 Å². The highest BCUT2D eigenvalue weighted by Crippen LogP contribution is 2.77. The number of rotatable bonds is 8. The van der Waals surface area contributed by atoms with Crippen LogP contribution in [0.3, 0.4) is 0 Å². The van der Waals surface area contributed by atoms with Crippen LogP contribution in [-0.2, 0) is 9.59 Å². The summed E-state index contributed by atoms with van der Waals surface area (Å²) in [6, 6.07) is 0. The number of hydrogen-bond donors (Lipinski definition) is 4. The molecular weight excluding hydrogens is 562 g/mol. The van der Waals surface area contributed by atoms with E-state index in [-0.39, 0.29) is 58.5 Å². The zero-order chi connectivity index (χ0) is 32.7. The molecule has 5 rings (SSSR count). The lowest BCUT2D eigenvalue weighted by Crippen LogP contribution is -2.67. The Balaban J connectivity index is 1.40. The number of nitrogens with two attached hydrogens (primary N) is 1. The van der Waals surface area contributed by atoms with Crippen molar-refractivity contribution in [1.82, 2.24) is 5.32 Å². The maximum atomic E-state index is 14.2. The fourth-order valence-corrected chi connectivity index (χ4v) is 12.6. The van der Waals surface area contributed by atoms with Crippen LogP contribution in [0.1, 0.15) is 119 Å². The minimum absolute atomic E-state index is 0.00532. The number of fused-ring (bicyclic) bond motifs is 7. The summed E-state index contributed by atoms with van der Waals surface area (Å²) in [5.74, 6) is 0.187. The van der Waals surface area contributed by atoms with Gasteiger partial charge in [-0.1, -0.05) is 46.8 Å². The van der Waals surface area contributed by atoms with Crippen LogP contribution in [0.4, 0.5) is 8.78 Å². The van der Waals surface area contributed by atoms with E-state index in [4.69, 9.17) is 5.73 Å². The van der Waals surface area contributed by atoms with Crippen molar-refractivity contribution in [2.24, 2.45) is 62.4 Å². The third-order valence-corrected chi connectivity index (χ3v) is 15.3. The molecule has 5 N–H and O–H groups in total. The van der Waals surface area contributed by atoms with E-state index < -0.39 is 29.8 Å². The van der Waals surface area contributed by atoms with Crippen molar-refractivity contribution in [3.05, 3.63) is 12.2 Å². The zero-order valence-corrected chi connectivity index (χ0v) is 28.0. The highest BCUT2D eigenvalue weighted by Gasteiger charge is 2.71. The molecule has 0 heterocycles. The summed E-state index contributed by atoms with van der Waals surface area (Å²) in [5.41, 5.74) is 3.85. The molecule has 11 atom stereocenters. The molecule has 5 saturated carbocycles. The smallest absolute Gasteiger partial charge is 0.329 e. The molecule has 0 aliphatic heterocycles. The van der Waals surface area contributed by atoms with Gasteiger partial charge in [-0.25, -0.2) is 13.6 Å². The van der Waals surface area contributed by atoms with Crippen molar-refractivity contribution < 1.29 is 28.6 Å². The van der Waals surface area contributed by atoms with Gasteiger partial charge in [-0.15, -0.1) is 0 Å². The predicted molar refractivity (Wildman–Crippen MR) is 168 cm³/mol. The number of carbonyl (C=O) groups excluding carboxylic acids is 1. The average molecular weight is 621 g/mol. The molecule has 8 heteroatoms. The molecule has 0 aromatic carbocycles. The van der Waals surface area contributed by atoms with Crippen LogP contribution in [-0.4, -0.2) is 46.7 Å². The second-order valence-corrected chi connectivity index (χ2v) is 17.2. The van der Waals surface area contributed by atoms with Gasteiger partial charge < -0.3 is 21.3 Å². The molecular formula is C36H58F2N2O4. The average Bonchev–Trinajstić information content (AvgIpc) is 3.34. The largest absolute Gasteiger partial charge is 0.480 e. The standard InChI is InChI=1S/C36H58F2N2O4/c1-21(2)22-11-17-35(29(42)40-20-8-14-36(39,28(37)38)30(43)44)19-18-33(6)23(27(22)35)9-10-25-32(5)15-13-26(41)31(3,4)24(32)12-16-34(25,33)7/h22-28,41H,1,8-20,39H2,2-7H3,(H,40,42)(H,43,44). The first-order valence-electron chi connectivity index (χ1n) is 17.2. The van der Waals surface area contributed by atoms with Crippen LogP contribution in [0.5, 0.6) is 0 Å². The summed E-state index contributed by atoms with van der Waals surface area (Å²) < 4.78 is 26.8. The van der Waals surface area contributed by atoms with Crippen molar-refractivity contribution in [3.8, 4) is 0 Å². The molecule has 5 fully saturated rings. The lowest BCUT2D eigenvalue weighted by Gasteiger charge is -2.72. The number of amides is 1. The van der Waals surface area contributed by atoms with E-state index in [2.05, 4.69) is 53.4 Å². The van der Waals surface area contributed by atoms with E-state index in [0.717, 1.165) is 69.8 Å². The molecule has 6 nitrogen and oxygen atoms in total. The molecule has 11 unspecified atom stereocenters. The van der Waals surface area contributed by atoms with Crippen LogP contribution in [0.15, 0.2) is 12.2 Å². The second-order valence-electron chi connectivity index (χ2n) is 17.2. The number of aliphatic carboxylic acids is 1. The number of aliphatic hydroxyl groups is 1. The highest BCUT2D eigenvalue weighted by molar-refractivity contribution is 5.84. The highest BCUT2D eigenvalue weighted by atomic mass is 19.3. The van der Waals surface area contributed by atoms with Crippen LogP contribution in [0.2, 0.25) is 0 Å². The molecule has 0 saturated heterocycles. The Morgan fingerprint density at radius 1 is 0.955 bits per heavy atom. The third-order valence-electron chi connectivity index (χ3n) is 15.3.